The molecule has 0 aliphatic carbocycles. The Morgan fingerprint density at radius 3 is 2.14 bits per heavy atom. The number of alkyl halides is 6. The van der Waals surface area contributed by atoms with Crippen LogP contribution in [0.3, 0.4) is 0 Å². The van der Waals surface area contributed by atoms with E-state index in [-0.39, 0.29) is 23.6 Å². The second kappa shape index (κ2) is 9.01. The molecule has 1 aromatic carbocycles. The van der Waals surface area contributed by atoms with E-state index in [0.29, 0.717) is 6.42 Å². The monoisotopic (exact) mass is 425 g/mol. The average molecular weight is 425 g/mol. The third-order valence-electron chi connectivity index (χ3n) is 3.31. The number of halogens is 6. The molecule has 0 amide bonds. The standard InChI is InChI=1S/C16H17F6N5O2/c1-3-9(2)23-12-25-13(27-14(26-12)28-8-15(17,18)19)24-10-4-6-11(7-5-10)29-16(20,21)22/h4-7,9H,3,8H2,1-2H3,(H2,23,24,25,26,27)/t9-/m0/s1. The molecular weight excluding hydrogens is 408 g/mol. The first-order valence-electron chi connectivity index (χ1n) is 8.28. The lowest BCUT2D eigenvalue weighted by molar-refractivity contribution is -0.274. The summed E-state index contributed by atoms with van der Waals surface area (Å²) in [5, 5.41) is 5.54. The van der Waals surface area contributed by atoms with Gasteiger partial charge in [-0.3, -0.25) is 0 Å². The molecule has 0 bridgehead atoms. The van der Waals surface area contributed by atoms with Gasteiger partial charge in [-0.2, -0.15) is 28.1 Å². The van der Waals surface area contributed by atoms with Crippen molar-refractivity contribution in [3.63, 3.8) is 0 Å². The number of nitrogens with zero attached hydrogens (tertiary/aromatic N) is 3. The molecule has 0 saturated heterocycles. The van der Waals surface area contributed by atoms with Gasteiger partial charge in [-0.1, -0.05) is 6.92 Å². The minimum absolute atomic E-state index is 0.0222. The zero-order chi connectivity index (χ0) is 21.7. The second-order valence-corrected chi connectivity index (χ2v) is 5.82. The number of rotatable bonds is 8. The third kappa shape index (κ3) is 8.27. The van der Waals surface area contributed by atoms with Crippen LogP contribution in [-0.4, -0.2) is 40.1 Å². The van der Waals surface area contributed by atoms with Gasteiger partial charge in [0.15, 0.2) is 6.61 Å². The lowest BCUT2D eigenvalue weighted by atomic mass is 10.3. The van der Waals surface area contributed by atoms with Gasteiger partial charge in [-0.15, -0.1) is 13.2 Å². The minimum atomic E-state index is -4.83. The number of benzene rings is 1. The summed E-state index contributed by atoms with van der Waals surface area (Å²) in [7, 11) is 0. The van der Waals surface area contributed by atoms with Crippen molar-refractivity contribution < 1.29 is 35.8 Å². The van der Waals surface area contributed by atoms with Crippen molar-refractivity contribution in [2.75, 3.05) is 17.2 Å². The lowest BCUT2D eigenvalue weighted by Gasteiger charge is -2.14. The van der Waals surface area contributed by atoms with Crippen LogP contribution in [0.4, 0.5) is 43.9 Å². The first-order valence-corrected chi connectivity index (χ1v) is 8.28. The summed E-state index contributed by atoms with van der Waals surface area (Å²) < 4.78 is 82.1. The van der Waals surface area contributed by atoms with E-state index in [9.17, 15) is 26.3 Å². The maximum absolute atomic E-state index is 12.4. The molecule has 0 aliphatic rings. The SMILES string of the molecule is CC[C@H](C)Nc1nc(Nc2ccc(OC(F)(F)F)cc2)nc(OCC(F)(F)F)n1. The van der Waals surface area contributed by atoms with E-state index in [0.717, 1.165) is 12.1 Å². The van der Waals surface area contributed by atoms with Crippen LogP contribution in [-0.2, 0) is 0 Å². The summed E-state index contributed by atoms with van der Waals surface area (Å²) in [5.74, 6) is -0.620. The van der Waals surface area contributed by atoms with Gasteiger partial charge < -0.3 is 20.1 Å². The molecule has 0 aliphatic heterocycles. The Labute approximate surface area is 161 Å². The molecule has 29 heavy (non-hydrogen) atoms. The molecule has 0 saturated carbocycles. The Morgan fingerprint density at radius 1 is 0.966 bits per heavy atom. The van der Waals surface area contributed by atoms with Crippen molar-refractivity contribution in [1.29, 1.82) is 0 Å². The fraction of sp³-hybridized carbons (Fsp3) is 0.438. The Hall–Kier alpha value is -2.99. The highest BCUT2D eigenvalue weighted by atomic mass is 19.4. The van der Waals surface area contributed by atoms with E-state index in [2.05, 4.69) is 35.1 Å². The highest BCUT2D eigenvalue weighted by Crippen LogP contribution is 2.25. The minimum Gasteiger partial charge on any atom is -0.454 e. The Balaban J connectivity index is 2.19. The number of hydrogen-bond acceptors (Lipinski definition) is 7. The van der Waals surface area contributed by atoms with Crippen LogP contribution in [0.1, 0.15) is 20.3 Å². The maximum Gasteiger partial charge on any atom is 0.573 e. The molecule has 1 heterocycles. The number of anilines is 3. The van der Waals surface area contributed by atoms with Gasteiger partial charge in [-0.25, -0.2) is 0 Å². The Bertz CT molecular complexity index is 798. The molecule has 0 spiro atoms. The Kier molecular flexibility index (Phi) is 6.93. The first kappa shape index (κ1) is 22.3. The van der Waals surface area contributed by atoms with Crippen LogP contribution in [0, 0.1) is 0 Å². The topological polar surface area (TPSA) is 81.2 Å². The van der Waals surface area contributed by atoms with Crippen LogP contribution >= 0.6 is 0 Å². The molecule has 1 aromatic heterocycles. The molecule has 2 rings (SSSR count). The largest absolute Gasteiger partial charge is 0.573 e. The normalized spacial score (nSPS) is 13.0. The van der Waals surface area contributed by atoms with E-state index < -0.39 is 30.9 Å². The van der Waals surface area contributed by atoms with Gasteiger partial charge in [0, 0.05) is 11.7 Å². The van der Waals surface area contributed by atoms with Crippen molar-refractivity contribution in [3.05, 3.63) is 24.3 Å². The predicted molar refractivity (Wildman–Crippen MR) is 91.2 cm³/mol. The summed E-state index contributed by atoms with van der Waals surface area (Å²) >= 11 is 0. The van der Waals surface area contributed by atoms with E-state index in [4.69, 9.17) is 0 Å². The van der Waals surface area contributed by atoms with E-state index >= 15 is 0 Å². The molecule has 7 nitrogen and oxygen atoms in total. The smallest absolute Gasteiger partial charge is 0.454 e. The number of nitrogens with one attached hydrogen (secondary N) is 2. The average Bonchev–Trinajstić information content (AvgIpc) is 2.59. The van der Waals surface area contributed by atoms with Crippen LogP contribution in [0.2, 0.25) is 0 Å². The quantitative estimate of drug-likeness (QED) is 0.595. The van der Waals surface area contributed by atoms with Crippen molar-refractivity contribution >= 4 is 17.6 Å². The van der Waals surface area contributed by atoms with Gasteiger partial charge in [-0.05, 0) is 37.6 Å². The summed E-state index contributed by atoms with van der Waals surface area (Å²) in [4.78, 5) is 11.5. The van der Waals surface area contributed by atoms with E-state index in [1.54, 1.807) is 0 Å². The fourth-order valence-electron chi connectivity index (χ4n) is 1.88. The van der Waals surface area contributed by atoms with E-state index in [1.165, 1.54) is 12.1 Å². The number of ether oxygens (including phenoxy) is 2. The Morgan fingerprint density at radius 2 is 1.59 bits per heavy atom. The van der Waals surface area contributed by atoms with E-state index in [1.807, 2.05) is 13.8 Å². The van der Waals surface area contributed by atoms with Crippen LogP contribution in [0.5, 0.6) is 11.8 Å². The molecule has 0 unspecified atom stereocenters. The van der Waals surface area contributed by atoms with Gasteiger partial charge in [0.25, 0.3) is 0 Å². The van der Waals surface area contributed by atoms with Crippen molar-refractivity contribution in [2.24, 2.45) is 0 Å². The summed E-state index contributed by atoms with van der Waals surface area (Å²) in [6.07, 6.45) is -8.73. The van der Waals surface area contributed by atoms with Gasteiger partial charge in [0.1, 0.15) is 5.75 Å². The van der Waals surface area contributed by atoms with Gasteiger partial charge in [0.2, 0.25) is 11.9 Å². The number of hydrogen-bond donors (Lipinski definition) is 2. The zero-order valence-corrected chi connectivity index (χ0v) is 15.2. The van der Waals surface area contributed by atoms with Crippen LogP contribution in [0.25, 0.3) is 0 Å². The van der Waals surface area contributed by atoms with Crippen molar-refractivity contribution in [2.45, 2.75) is 38.8 Å². The second-order valence-electron chi connectivity index (χ2n) is 5.82. The molecule has 13 heteroatoms. The maximum atomic E-state index is 12.4. The molecule has 2 N–H and O–H groups in total. The van der Waals surface area contributed by atoms with Gasteiger partial charge >= 0.3 is 18.5 Å². The highest BCUT2D eigenvalue weighted by molar-refractivity contribution is 5.55. The molecule has 1 atom stereocenters. The summed E-state index contributed by atoms with van der Waals surface area (Å²) in [6.45, 7) is 2.10. The van der Waals surface area contributed by atoms with Crippen molar-refractivity contribution in [3.8, 4) is 11.8 Å². The fourth-order valence-corrected chi connectivity index (χ4v) is 1.88. The lowest BCUT2D eigenvalue weighted by Crippen LogP contribution is -2.21. The molecule has 0 radical (unpaired) electrons. The molecular formula is C16H17F6N5O2. The number of aromatic nitrogens is 3. The predicted octanol–water partition coefficient (Wildman–Crippen LogP) is 4.67. The summed E-state index contributed by atoms with van der Waals surface area (Å²) in [5.41, 5.74) is 0.266. The third-order valence-corrected chi connectivity index (χ3v) is 3.31. The van der Waals surface area contributed by atoms with Crippen LogP contribution in [0.15, 0.2) is 24.3 Å². The molecule has 2 aromatic rings. The highest BCUT2D eigenvalue weighted by Gasteiger charge is 2.31. The van der Waals surface area contributed by atoms with Crippen LogP contribution < -0.4 is 20.1 Å². The molecule has 160 valence electrons. The zero-order valence-electron chi connectivity index (χ0n) is 15.2. The summed E-state index contributed by atoms with van der Waals surface area (Å²) in [6, 6.07) is 3.96. The van der Waals surface area contributed by atoms with Crippen molar-refractivity contribution in [1.82, 2.24) is 15.0 Å². The molecule has 0 fully saturated rings. The van der Waals surface area contributed by atoms with Gasteiger partial charge in [0.05, 0.1) is 0 Å². The first-order chi connectivity index (χ1) is 13.4.